The van der Waals surface area contributed by atoms with Crippen LogP contribution in [0.2, 0.25) is 5.02 Å². The molecule has 2 aromatic carbocycles. The molecule has 0 aromatic heterocycles. The van der Waals surface area contributed by atoms with Crippen molar-refractivity contribution in [3.05, 3.63) is 53.1 Å². The predicted molar refractivity (Wildman–Crippen MR) is 116 cm³/mol. The van der Waals surface area contributed by atoms with Gasteiger partial charge in [0.05, 0.1) is 13.7 Å². The van der Waals surface area contributed by atoms with E-state index in [2.05, 4.69) is 15.1 Å². The van der Waals surface area contributed by atoms with Gasteiger partial charge in [-0.2, -0.15) is 0 Å². The molecule has 1 N–H and O–H groups in total. The van der Waals surface area contributed by atoms with Gasteiger partial charge in [0.15, 0.2) is 0 Å². The standard InChI is InChI=1S/C22H28ClN3O3/c1-17-3-4-18(23)15-21(17)24-22(27)16-26-11-9-25(10-12-26)13-14-29-20-7-5-19(28-2)6-8-20/h3-8,15H,9-14,16H2,1-2H3,(H,24,27). The largest absolute Gasteiger partial charge is 0.497 e. The maximum Gasteiger partial charge on any atom is 0.238 e. The highest BCUT2D eigenvalue weighted by Crippen LogP contribution is 2.20. The Kier molecular flexibility index (Phi) is 7.75. The highest BCUT2D eigenvalue weighted by atomic mass is 35.5. The number of rotatable bonds is 8. The van der Waals surface area contributed by atoms with Gasteiger partial charge >= 0.3 is 0 Å². The Balaban J connectivity index is 1.35. The van der Waals surface area contributed by atoms with Crippen LogP contribution in [0.5, 0.6) is 11.5 Å². The van der Waals surface area contributed by atoms with Gasteiger partial charge in [-0.3, -0.25) is 14.6 Å². The van der Waals surface area contributed by atoms with Crippen molar-refractivity contribution in [1.29, 1.82) is 0 Å². The van der Waals surface area contributed by atoms with Gasteiger partial charge in [0.2, 0.25) is 5.91 Å². The van der Waals surface area contributed by atoms with Crippen molar-refractivity contribution in [2.45, 2.75) is 6.92 Å². The number of nitrogens with zero attached hydrogens (tertiary/aromatic N) is 2. The van der Waals surface area contributed by atoms with Gasteiger partial charge in [0.25, 0.3) is 0 Å². The number of amides is 1. The van der Waals surface area contributed by atoms with Gasteiger partial charge in [0.1, 0.15) is 18.1 Å². The summed E-state index contributed by atoms with van der Waals surface area (Å²) in [6.07, 6.45) is 0. The van der Waals surface area contributed by atoms with Crippen molar-refractivity contribution in [3.8, 4) is 11.5 Å². The summed E-state index contributed by atoms with van der Waals surface area (Å²) in [7, 11) is 1.65. The molecule has 1 heterocycles. The number of hydrogen-bond donors (Lipinski definition) is 1. The number of aryl methyl sites for hydroxylation is 1. The number of methoxy groups -OCH3 is 1. The molecule has 1 saturated heterocycles. The van der Waals surface area contributed by atoms with Crippen LogP contribution in [0.1, 0.15) is 5.56 Å². The number of benzene rings is 2. The van der Waals surface area contributed by atoms with E-state index in [0.717, 1.165) is 55.5 Å². The number of nitrogens with one attached hydrogen (secondary N) is 1. The molecule has 0 spiro atoms. The van der Waals surface area contributed by atoms with Crippen LogP contribution in [0.4, 0.5) is 5.69 Å². The molecular formula is C22H28ClN3O3. The van der Waals surface area contributed by atoms with E-state index in [0.29, 0.717) is 18.2 Å². The first kappa shape index (κ1) is 21.4. The smallest absolute Gasteiger partial charge is 0.238 e. The van der Waals surface area contributed by atoms with E-state index in [1.54, 1.807) is 13.2 Å². The first-order valence-electron chi connectivity index (χ1n) is 9.81. The number of hydrogen-bond acceptors (Lipinski definition) is 5. The number of carbonyl (C=O) groups excluding carboxylic acids is 1. The maximum absolute atomic E-state index is 12.4. The van der Waals surface area contributed by atoms with Gasteiger partial charge in [-0.25, -0.2) is 0 Å². The van der Waals surface area contributed by atoms with Crippen LogP contribution in [0.3, 0.4) is 0 Å². The van der Waals surface area contributed by atoms with Gasteiger partial charge in [-0.05, 0) is 48.9 Å². The summed E-state index contributed by atoms with van der Waals surface area (Å²) >= 11 is 6.02. The number of anilines is 1. The molecule has 0 atom stereocenters. The number of halogens is 1. The zero-order valence-electron chi connectivity index (χ0n) is 17.0. The van der Waals surface area contributed by atoms with Crippen molar-refractivity contribution in [2.75, 3.05) is 58.3 Å². The quantitative estimate of drug-likeness (QED) is 0.714. The first-order valence-corrected chi connectivity index (χ1v) is 10.2. The average molecular weight is 418 g/mol. The zero-order valence-corrected chi connectivity index (χ0v) is 17.7. The van der Waals surface area contributed by atoms with Crippen LogP contribution < -0.4 is 14.8 Å². The Morgan fingerprint density at radius 1 is 1.03 bits per heavy atom. The third-order valence-corrected chi connectivity index (χ3v) is 5.28. The van der Waals surface area contributed by atoms with E-state index >= 15 is 0 Å². The molecule has 0 unspecified atom stereocenters. The molecule has 0 aliphatic carbocycles. The van der Waals surface area contributed by atoms with E-state index in [1.165, 1.54) is 0 Å². The highest BCUT2D eigenvalue weighted by molar-refractivity contribution is 6.31. The lowest BCUT2D eigenvalue weighted by molar-refractivity contribution is -0.117. The van der Waals surface area contributed by atoms with Crippen molar-refractivity contribution in [1.82, 2.24) is 9.80 Å². The van der Waals surface area contributed by atoms with Crippen LogP contribution >= 0.6 is 11.6 Å². The molecule has 1 aliphatic heterocycles. The topological polar surface area (TPSA) is 54.0 Å². The molecule has 29 heavy (non-hydrogen) atoms. The summed E-state index contributed by atoms with van der Waals surface area (Å²) < 4.78 is 10.9. The Labute approximate surface area is 177 Å². The first-order chi connectivity index (χ1) is 14.0. The molecule has 1 fully saturated rings. The lowest BCUT2D eigenvalue weighted by Gasteiger charge is -2.34. The lowest BCUT2D eigenvalue weighted by Crippen LogP contribution is -2.49. The van der Waals surface area contributed by atoms with Crippen molar-refractivity contribution < 1.29 is 14.3 Å². The molecule has 2 aromatic rings. The number of piperazine rings is 1. The second-order valence-electron chi connectivity index (χ2n) is 7.15. The zero-order chi connectivity index (χ0) is 20.6. The highest BCUT2D eigenvalue weighted by Gasteiger charge is 2.19. The fourth-order valence-electron chi connectivity index (χ4n) is 3.26. The molecule has 0 radical (unpaired) electrons. The molecule has 7 heteroatoms. The van der Waals surface area contributed by atoms with E-state index in [4.69, 9.17) is 21.1 Å². The van der Waals surface area contributed by atoms with Crippen molar-refractivity contribution in [3.63, 3.8) is 0 Å². The minimum absolute atomic E-state index is 0.00773. The SMILES string of the molecule is COc1ccc(OCCN2CCN(CC(=O)Nc3cc(Cl)ccc3C)CC2)cc1. The van der Waals surface area contributed by atoms with E-state index in [9.17, 15) is 4.79 Å². The van der Waals surface area contributed by atoms with Crippen molar-refractivity contribution in [2.24, 2.45) is 0 Å². The molecule has 0 saturated carbocycles. The Morgan fingerprint density at radius 2 is 1.69 bits per heavy atom. The van der Waals surface area contributed by atoms with E-state index in [-0.39, 0.29) is 5.91 Å². The maximum atomic E-state index is 12.4. The van der Waals surface area contributed by atoms with Gasteiger partial charge in [-0.15, -0.1) is 0 Å². The fourth-order valence-corrected chi connectivity index (χ4v) is 3.43. The molecule has 3 rings (SSSR count). The monoisotopic (exact) mass is 417 g/mol. The Morgan fingerprint density at radius 3 is 2.38 bits per heavy atom. The third kappa shape index (κ3) is 6.63. The molecule has 0 bridgehead atoms. The van der Waals surface area contributed by atoms with Gasteiger partial charge in [0, 0.05) is 43.4 Å². The minimum Gasteiger partial charge on any atom is -0.497 e. The van der Waals surface area contributed by atoms with Crippen LogP contribution in [0.15, 0.2) is 42.5 Å². The fraction of sp³-hybridized carbons (Fsp3) is 0.409. The summed E-state index contributed by atoms with van der Waals surface area (Å²) in [4.78, 5) is 16.9. The lowest BCUT2D eigenvalue weighted by atomic mass is 10.2. The van der Waals surface area contributed by atoms with Crippen molar-refractivity contribution >= 4 is 23.2 Å². The van der Waals surface area contributed by atoms with Crippen LogP contribution in [0.25, 0.3) is 0 Å². The summed E-state index contributed by atoms with van der Waals surface area (Å²) in [5.41, 5.74) is 1.78. The number of carbonyl (C=O) groups is 1. The van der Waals surface area contributed by atoms with E-state index < -0.39 is 0 Å². The molecule has 6 nitrogen and oxygen atoms in total. The molecular weight excluding hydrogens is 390 g/mol. The van der Waals surface area contributed by atoms with Crippen LogP contribution in [-0.2, 0) is 4.79 Å². The van der Waals surface area contributed by atoms with Gasteiger partial charge in [-0.1, -0.05) is 17.7 Å². The second kappa shape index (κ2) is 10.5. The normalized spacial score (nSPS) is 15.1. The summed E-state index contributed by atoms with van der Waals surface area (Å²) in [6, 6.07) is 13.1. The Bertz CT molecular complexity index is 805. The second-order valence-corrected chi connectivity index (χ2v) is 7.59. The van der Waals surface area contributed by atoms with Gasteiger partial charge < -0.3 is 14.8 Å². The van der Waals surface area contributed by atoms with Crippen LogP contribution in [0, 0.1) is 6.92 Å². The molecule has 156 valence electrons. The summed E-state index contributed by atoms with van der Waals surface area (Å²) in [5.74, 6) is 1.66. The third-order valence-electron chi connectivity index (χ3n) is 5.04. The minimum atomic E-state index is -0.00773. The molecule has 1 amide bonds. The average Bonchev–Trinajstić information content (AvgIpc) is 2.72. The number of ether oxygens (including phenoxy) is 2. The van der Waals surface area contributed by atoms with Crippen LogP contribution in [-0.4, -0.2) is 68.7 Å². The summed E-state index contributed by atoms with van der Waals surface area (Å²) in [6.45, 7) is 7.44. The Hall–Kier alpha value is -2.28. The predicted octanol–water partition coefficient (Wildman–Crippen LogP) is 3.29. The molecule has 1 aliphatic rings. The van der Waals surface area contributed by atoms with E-state index in [1.807, 2.05) is 43.3 Å². The summed E-state index contributed by atoms with van der Waals surface area (Å²) in [5, 5.41) is 3.58.